The summed E-state index contributed by atoms with van der Waals surface area (Å²) in [5, 5.41) is 14.1. The predicted octanol–water partition coefficient (Wildman–Crippen LogP) is 2.09. The first-order chi connectivity index (χ1) is 8.22. The summed E-state index contributed by atoms with van der Waals surface area (Å²) >= 11 is 0. The van der Waals surface area contributed by atoms with E-state index in [-0.39, 0.29) is 0 Å². The summed E-state index contributed by atoms with van der Waals surface area (Å²) < 4.78 is 5.34. The van der Waals surface area contributed by atoms with Gasteiger partial charge < -0.3 is 15.2 Å². The van der Waals surface area contributed by atoms with Crippen molar-refractivity contribution in [2.75, 3.05) is 19.8 Å². The van der Waals surface area contributed by atoms with Crippen molar-refractivity contribution in [3.63, 3.8) is 0 Å². The molecule has 0 aromatic rings. The van der Waals surface area contributed by atoms with Crippen LogP contribution < -0.4 is 5.32 Å². The van der Waals surface area contributed by atoms with E-state index in [1.165, 1.54) is 19.3 Å². The Morgan fingerprint density at radius 3 is 2.41 bits per heavy atom. The van der Waals surface area contributed by atoms with E-state index in [9.17, 15) is 5.11 Å². The van der Waals surface area contributed by atoms with E-state index in [1.54, 1.807) is 0 Å². The van der Waals surface area contributed by atoms with Gasteiger partial charge in [-0.3, -0.25) is 0 Å². The average molecular weight is 241 g/mol. The second kappa shape index (κ2) is 6.17. The van der Waals surface area contributed by atoms with E-state index in [1.807, 2.05) is 0 Å². The Balaban J connectivity index is 1.70. The van der Waals surface area contributed by atoms with E-state index in [2.05, 4.69) is 12.2 Å². The Morgan fingerprint density at radius 2 is 1.82 bits per heavy atom. The minimum Gasteiger partial charge on any atom is -0.389 e. The molecule has 0 unspecified atom stereocenters. The van der Waals surface area contributed by atoms with Crippen LogP contribution in [0.15, 0.2) is 0 Å². The molecule has 2 fully saturated rings. The quantitative estimate of drug-likeness (QED) is 0.792. The van der Waals surface area contributed by atoms with Gasteiger partial charge in [0.15, 0.2) is 0 Å². The minimum atomic E-state index is -0.441. The SMILES string of the molecule is CCC1CCC(O)(CNC2CCOCC2)CC1. The molecule has 0 aromatic carbocycles. The lowest BCUT2D eigenvalue weighted by Crippen LogP contribution is -2.47. The van der Waals surface area contributed by atoms with Crippen molar-refractivity contribution < 1.29 is 9.84 Å². The Bertz CT molecular complexity index is 218. The first kappa shape index (κ1) is 13.3. The fourth-order valence-corrected chi connectivity index (χ4v) is 3.04. The van der Waals surface area contributed by atoms with Crippen LogP contribution in [0.5, 0.6) is 0 Å². The number of rotatable bonds is 4. The van der Waals surface area contributed by atoms with E-state index < -0.39 is 5.60 Å². The first-order valence-electron chi connectivity index (χ1n) is 7.25. The summed E-state index contributed by atoms with van der Waals surface area (Å²) in [4.78, 5) is 0. The zero-order valence-corrected chi connectivity index (χ0v) is 11.1. The molecule has 1 saturated carbocycles. The lowest BCUT2D eigenvalue weighted by Gasteiger charge is -2.37. The number of ether oxygens (including phenoxy) is 1. The van der Waals surface area contributed by atoms with Crippen LogP contribution in [0.25, 0.3) is 0 Å². The summed E-state index contributed by atoms with van der Waals surface area (Å²) in [5.41, 5.74) is -0.441. The molecule has 0 amide bonds. The van der Waals surface area contributed by atoms with Crippen molar-refractivity contribution >= 4 is 0 Å². The molecule has 1 saturated heterocycles. The summed E-state index contributed by atoms with van der Waals surface area (Å²) in [7, 11) is 0. The highest BCUT2D eigenvalue weighted by atomic mass is 16.5. The molecule has 1 aliphatic carbocycles. The summed E-state index contributed by atoms with van der Waals surface area (Å²) in [6.07, 6.45) is 7.79. The second-order valence-electron chi connectivity index (χ2n) is 5.84. The van der Waals surface area contributed by atoms with Gasteiger partial charge in [-0.2, -0.15) is 0 Å². The maximum absolute atomic E-state index is 10.5. The van der Waals surface area contributed by atoms with Crippen LogP contribution in [0.3, 0.4) is 0 Å². The van der Waals surface area contributed by atoms with Gasteiger partial charge in [0.2, 0.25) is 0 Å². The first-order valence-corrected chi connectivity index (χ1v) is 7.25. The third-order valence-electron chi connectivity index (χ3n) is 4.55. The predicted molar refractivity (Wildman–Crippen MR) is 69.0 cm³/mol. The highest BCUT2D eigenvalue weighted by Gasteiger charge is 2.32. The van der Waals surface area contributed by atoms with Crippen molar-refractivity contribution in [3.05, 3.63) is 0 Å². The molecule has 100 valence electrons. The fourth-order valence-electron chi connectivity index (χ4n) is 3.04. The van der Waals surface area contributed by atoms with Crippen molar-refractivity contribution in [3.8, 4) is 0 Å². The molecule has 0 radical (unpaired) electrons. The molecule has 0 atom stereocenters. The molecule has 0 aromatic heterocycles. The highest BCUT2D eigenvalue weighted by molar-refractivity contribution is 4.88. The Kier molecular flexibility index (Phi) is 4.83. The number of hydrogen-bond donors (Lipinski definition) is 2. The lowest BCUT2D eigenvalue weighted by atomic mass is 9.77. The molecule has 17 heavy (non-hydrogen) atoms. The van der Waals surface area contributed by atoms with Crippen molar-refractivity contribution in [2.24, 2.45) is 5.92 Å². The standard InChI is InChI=1S/C14H27NO2/c1-2-12-3-7-14(16,8-4-12)11-15-13-5-9-17-10-6-13/h12-13,15-16H,2-11H2,1H3. The number of nitrogens with one attached hydrogen (secondary N) is 1. The molecular weight excluding hydrogens is 214 g/mol. The Labute approximate surface area is 105 Å². The van der Waals surface area contributed by atoms with Gasteiger partial charge in [-0.25, -0.2) is 0 Å². The van der Waals surface area contributed by atoms with Crippen molar-refractivity contribution in [1.82, 2.24) is 5.32 Å². The van der Waals surface area contributed by atoms with Crippen LogP contribution in [0.4, 0.5) is 0 Å². The molecule has 2 aliphatic rings. The van der Waals surface area contributed by atoms with Crippen LogP contribution in [-0.2, 0) is 4.74 Å². The molecule has 0 spiro atoms. The Hall–Kier alpha value is -0.120. The van der Waals surface area contributed by atoms with Gasteiger partial charge >= 0.3 is 0 Å². The average Bonchev–Trinajstić information content (AvgIpc) is 2.39. The molecule has 2 N–H and O–H groups in total. The number of hydrogen-bond acceptors (Lipinski definition) is 3. The minimum absolute atomic E-state index is 0.441. The summed E-state index contributed by atoms with van der Waals surface area (Å²) in [5.74, 6) is 0.846. The van der Waals surface area contributed by atoms with Gasteiger partial charge in [0.05, 0.1) is 5.60 Å². The van der Waals surface area contributed by atoms with Gasteiger partial charge in [0.25, 0.3) is 0 Å². The Morgan fingerprint density at radius 1 is 1.18 bits per heavy atom. The van der Waals surface area contributed by atoms with Gasteiger partial charge in [0, 0.05) is 25.8 Å². The smallest absolute Gasteiger partial charge is 0.0771 e. The molecule has 3 heteroatoms. The van der Waals surface area contributed by atoms with E-state index in [0.29, 0.717) is 6.04 Å². The van der Waals surface area contributed by atoms with Gasteiger partial charge in [-0.15, -0.1) is 0 Å². The van der Waals surface area contributed by atoms with Gasteiger partial charge in [-0.1, -0.05) is 13.3 Å². The van der Waals surface area contributed by atoms with Crippen LogP contribution in [0.2, 0.25) is 0 Å². The monoisotopic (exact) mass is 241 g/mol. The summed E-state index contributed by atoms with van der Waals surface area (Å²) in [6.45, 7) is 4.77. The van der Waals surface area contributed by atoms with Gasteiger partial charge in [0.1, 0.15) is 0 Å². The van der Waals surface area contributed by atoms with Crippen LogP contribution in [-0.4, -0.2) is 36.5 Å². The van der Waals surface area contributed by atoms with Gasteiger partial charge in [-0.05, 0) is 44.4 Å². The zero-order valence-electron chi connectivity index (χ0n) is 11.1. The molecule has 0 bridgehead atoms. The normalized spacial score (nSPS) is 36.0. The maximum atomic E-state index is 10.5. The van der Waals surface area contributed by atoms with Crippen LogP contribution in [0, 0.1) is 5.92 Å². The fraction of sp³-hybridized carbons (Fsp3) is 1.00. The zero-order chi connectivity index (χ0) is 12.1. The van der Waals surface area contributed by atoms with Crippen molar-refractivity contribution in [1.29, 1.82) is 0 Å². The lowest BCUT2D eigenvalue weighted by molar-refractivity contribution is -0.0150. The van der Waals surface area contributed by atoms with E-state index in [4.69, 9.17) is 4.74 Å². The topological polar surface area (TPSA) is 41.5 Å². The third kappa shape index (κ3) is 3.94. The molecule has 3 nitrogen and oxygen atoms in total. The van der Waals surface area contributed by atoms with Crippen LogP contribution >= 0.6 is 0 Å². The van der Waals surface area contributed by atoms with Crippen LogP contribution in [0.1, 0.15) is 51.9 Å². The third-order valence-corrected chi connectivity index (χ3v) is 4.55. The van der Waals surface area contributed by atoms with Crippen molar-refractivity contribution in [2.45, 2.75) is 63.5 Å². The second-order valence-corrected chi connectivity index (χ2v) is 5.84. The molecule has 2 rings (SSSR count). The molecule has 1 heterocycles. The number of aliphatic hydroxyl groups is 1. The van der Waals surface area contributed by atoms with E-state index in [0.717, 1.165) is 51.4 Å². The highest BCUT2D eigenvalue weighted by Crippen LogP contribution is 2.33. The largest absolute Gasteiger partial charge is 0.389 e. The summed E-state index contributed by atoms with van der Waals surface area (Å²) in [6, 6.07) is 0.552. The maximum Gasteiger partial charge on any atom is 0.0771 e. The molecular formula is C14H27NO2. The molecule has 1 aliphatic heterocycles. The van der Waals surface area contributed by atoms with E-state index >= 15 is 0 Å².